The summed E-state index contributed by atoms with van der Waals surface area (Å²) in [5, 5.41) is 11.3. The van der Waals surface area contributed by atoms with E-state index in [2.05, 4.69) is 20.1 Å². The van der Waals surface area contributed by atoms with Crippen LogP contribution in [0.5, 0.6) is 0 Å². The third kappa shape index (κ3) is 3.51. The Morgan fingerprint density at radius 3 is 3.14 bits per heavy atom. The summed E-state index contributed by atoms with van der Waals surface area (Å²) >= 11 is 0. The Balaban J connectivity index is 1.50. The molecule has 1 aliphatic rings. The molecule has 0 unspecified atom stereocenters. The van der Waals surface area contributed by atoms with Gasteiger partial charge in [-0.25, -0.2) is 0 Å². The largest absolute Gasteiger partial charge is 0.469 e. The van der Waals surface area contributed by atoms with Gasteiger partial charge < -0.3 is 14.3 Å². The fraction of sp³-hybridized carbons (Fsp3) is 0.533. The van der Waals surface area contributed by atoms with Crippen molar-refractivity contribution >= 4 is 5.91 Å². The predicted molar refractivity (Wildman–Crippen MR) is 76.5 cm³/mol. The molecule has 3 heterocycles. The standard InChI is InChI=1S/C15H20N4O2/c20-15(8-7-12-5-4-10-21-12)16-11-14-18-17-13-6-2-1-3-9-19(13)14/h4-5,10H,1-3,6-9,11H2,(H,16,20). The van der Waals surface area contributed by atoms with Crippen LogP contribution in [0.3, 0.4) is 0 Å². The Morgan fingerprint density at radius 2 is 2.29 bits per heavy atom. The number of aryl methyl sites for hydroxylation is 2. The van der Waals surface area contributed by atoms with Gasteiger partial charge in [-0.1, -0.05) is 6.42 Å². The van der Waals surface area contributed by atoms with Crippen LogP contribution in [0.2, 0.25) is 0 Å². The van der Waals surface area contributed by atoms with Gasteiger partial charge in [0.2, 0.25) is 5.91 Å². The number of carbonyl (C=O) groups is 1. The molecule has 1 N–H and O–H groups in total. The lowest BCUT2D eigenvalue weighted by molar-refractivity contribution is -0.121. The quantitative estimate of drug-likeness (QED) is 0.911. The number of hydrogen-bond donors (Lipinski definition) is 1. The highest BCUT2D eigenvalue weighted by atomic mass is 16.3. The van der Waals surface area contributed by atoms with E-state index in [1.807, 2.05) is 12.1 Å². The molecule has 0 aromatic carbocycles. The topological polar surface area (TPSA) is 73.0 Å². The first-order chi connectivity index (χ1) is 10.3. The summed E-state index contributed by atoms with van der Waals surface area (Å²) < 4.78 is 7.37. The van der Waals surface area contributed by atoms with Crippen LogP contribution >= 0.6 is 0 Å². The average Bonchev–Trinajstić information content (AvgIpc) is 3.08. The molecule has 2 aromatic rings. The van der Waals surface area contributed by atoms with Crippen molar-refractivity contribution < 1.29 is 9.21 Å². The number of rotatable bonds is 5. The highest BCUT2D eigenvalue weighted by Crippen LogP contribution is 2.14. The first-order valence-electron chi connectivity index (χ1n) is 7.53. The molecule has 0 bridgehead atoms. The minimum Gasteiger partial charge on any atom is -0.469 e. The van der Waals surface area contributed by atoms with Gasteiger partial charge in [-0.15, -0.1) is 10.2 Å². The maximum Gasteiger partial charge on any atom is 0.220 e. The van der Waals surface area contributed by atoms with Crippen molar-refractivity contribution in [2.45, 2.75) is 51.6 Å². The van der Waals surface area contributed by atoms with Crippen molar-refractivity contribution in [2.24, 2.45) is 0 Å². The second-order valence-electron chi connectivity index (χ2n) is 5.35. The maximum atomic E-state index is 11.9. The number of nitrogens with zero attached hydrogens (tertiary/aromatic N) is 3. The van der Waals surface area contributed by atoms with Gasteiger partial charge in [0.25, 0.3) is 0 Å². The molecular weight excluding hydrogens is 268 g/mol. The van der Waals surface area contributed by atoms with E-state index < -0.39 is 0 Å². The van der Waals surface area contributed by atoms with Gasteiger partial charge in [-0.2, -0.15) is 0 Å². The zero-order chi connectivity index (χ0) is 14.5. The number of carbonyl (C=O) groups excluding carboxylic acids is 1. The Labute approximate surface area is 123 Å². The molecule has 0 radical (unpaired) electrons. The van der Waals surface area contributed by atoms with E-state index >= 15 is 0 Å². The van der Waals surface area contributed by atoms with Crippen molar-refractivity contribution in [3.8, 4) is 0 Å². The number of amides is 1. The van der Waals surface area contributed by atoms with E-state index in [9.17, 15) is 4.79 Å². The summed E-state index contributed by atoms with van der Waals surface area (Å²) in [5.74, 6) is 2.75. The lowest BCUT2D eigenvalue weighted by Crippen LogP contribution is -2.25. The number of hydrogen-bond acceptors (Lipinski definition) is 4. The molecule has 6 heteroatoms. The monoisotopic (exact) mass is 288 g/mol. The van der Waals surface area contributed by atoms with Crippen molar-refractivity contribution in [3.63, 3.8) is 0 Å². The number of aromatic nitrogens is 3. The number of fused-ring (bicyclic) bond motifs is 1. The SMILES string of the molecule is O=C(CCc1ccco1)NCc1nnc2n1CCCCC2. The van der Waals surface area contributed by atoms with Crippen LogP contribution < -0.4 is 5.32 Å². The Kier molecular flexibility index (Phi) is 4.33. The lowest BCUT2D eigenvalue weighted by atomic mass is 10.2. The van der Waals surface area contributed by atoms with E-state index in [0.29, 0.717) is 19.4 Å². The van der Waals surface area contributed by atoms with Gasteiger partial charge in [0.1, 0.15) is 11.6 Å². The molecule has 2 aromatic heterocycles. The van der Waals surface area contributed by atoms with E-state index in [1.165, 1.54) is 12.8 Å². The second-order valence-corrected chi connectivity index (χ2v) is 5.35. The molecule has 112 valence electrons. The molecule has 3 rings (SSSR count). The summed E-state index contributed by atoms with van der Waals surface area (Å²) in [6, 6.07) is 3.71. The van der Waals surface area contributed by atoms with Crippen LogP contribution in [0, 0.1) is 0 Å². The summed E-state index contributed by atoms with van der Waals surface area (Å²) in [6.45, 7) is 1.41. The van der Waals surface area contributed by atoms with E-state index in [1.54, 1.807) is 6.26 Å². The zero-order valence-corrected chi connectivity index (χ0v) is 12.0. The van der Waals surface area contributed by atoms with E-state index in [4.69, 9.17) is 4.42 Å². The first-order valence-corrected chi connectivity index (χ1v) is 7.53. The first kappa shape index (κ1) is 13.9. The number of nitrogens with one attached hydrogen (secondary N) is 1. The summed E-state index contributed by atoms with van der Waals surface area (Å²) in [7, 11) is 0. The minimum absolute atomic E-state index is 0.0115. The van der Waals surface area contributed by atoms with Gasteiger partial charge in [0, 0.05) is 25.8 Å². The normalized spacial score (nSPS) is 14.5. The molecule has 0 atom stereocenters. The van der Waals surface area contributed by atoms with Gasteiger partial charge in [-0.3, -0.25) is 4.79 Å². The van der Waals surface area contributed by atoms with Crippen molar-refractivity contribution in [3.05, 3.63) is 35.8 Å². The molecule has 0 aliphatic carbocycles. The van der Waals surface area contributed by atoms with E-state index in [-0.39, 0.29) is 5.91 Å². The Morgan fingerprint density at radius 1 is 1.33 bits per heavy atom. The predicted octanol–water partition coefficient (Wildman–Crippen LogP) is 1.85. The van der Waals surface area contributed by atoms with Crippen LogP contribution in [0.4, 0.5) is 0 Å². The smallest absolute Gasteiger partial charge is 0.220 e. The molecule has 6 nitrogen and oxygen atoms in total. The molecule has 1 amide bonds. The molecule has 0 saturated carbocycles. The van der Waals surface area contributed by atoms with Crippen molar-refractivity contribution in [1.29, 1.82) is 0 Å². The summed E-state index contributed by atoms with van der Waals surface area (Å²) in [5.41, 5.74) is 0. The third-order valence-electron chi connectivity index (χ3n) is 3.81. The van der Waals surface area contributed by atoms with E-state index in [0.717, 1.165) is 36.8 Å². The maximum absolute atomic E-state index is 11.9. The minimum atomic E-state index is 0.0115. The Hall–Kier alpha value is -2.11. The summed E-state index contributed by atoms with van der Waals surface area (Å²) in [4.78, 5) is 11.9. The van der Waals surface area contributed by atoms with Gasteiger partial charge >= 0.3 is 0 Å². The molecule has 21 heavy (non-hydrogen) atoms. The molecular formula is C15H20N4O2. The van der Waals surface area contributed by atoms with Gasteiger partial charge in [0.15, 0.2) is 5.82 Å². The number of furan rings is 1. The zero-order valence-electron chi connectivity index (χ0n) is 12.0. The fourth-order valence-corrected chi connectivity index (χ4v) is 2.63. The highest BCUT2D eigenvalue weighted by molar-refractivity contribution is 5.75. The van der Waals surface area contributed by atoms with Gasteiger partial charge in [0.05, 0.1) is 12.8 Å². The molecule has 0 saturated heterocycles. The van der Waals surface area contributed by atoms with Crippen LogP contribution in [0.15, 0.2) is 22.8 Å². The lowest BCUT2D eigenvalue weighted by Gasteiger charge is -2.08. The van der Waals surface area contributed by atoms with Crippen LogP contribution in [0.1, 0.15) is 43.1 Å². The highest BCUT2D eigenvalue weighted by Gasteiger charge is 2.15. The van der Waals surface area contributed by atoms with Gasteiger partial charge in [-0.05, 0) is 25.0 Å². The van der Waals surface area contributed by atoms with Crippen LogP contribution in [0.25, 0.3) is 0 Å². The van der Waals surface area contributed by atoms with Crippen molar-refractivity contribution in [2.75, 3.05) is 0 Å². The van der Waals surface area contributed by atoms with Crippen molar-refractivity contribution in [1.82, 2.24) is 20.1 Å². The molecule has 1 aliphatic heterocycles. The molecule has 0 fully saturated rings. The second kappa shape index (κ2) is 6.56. The summed E-state index contributed by atoms with van der Waals surface area (Å²) in [6.07, 6.45) is 7.22. The molecule has 0 spiro atoms. The third-order valence-corrected chi connectivity index (χ3v) is 3.81. The fourth-order valence-electron chi connectivity index (χ4n) is 2.63. The van der Waals surface area contributed by atoms with Crippen LogP contribution in [-0.4, -0.2) is 20.7 Å². The van der Waals surface area contributed by atoms with Crippen LogP contribution in [-0.2, 0) is 30.7 Å². The Bertz CT molecular complexity index is 589. The average molecular weight is 288 g/mol.